The predicted molar refractivity (Wildman–Crippen MR) is 43.7 cm³/mol. The van der Waals surface area contributed by atoms with Crippen molar-refractivity contribution in [3.05, 3.63) is 17.0 Å². The maximum Gasteiger partial charge on any atom is 0.271 e. The molecule has 5 heteroatoms. The zero-order chi connectivity index (χ0) is 7.68. The average molecular weight is 183 g/mol. The van der Waals surface area contributed by atoms with Crippen LogP contribution in [0.25, 0.3) is 10.7 Å². The summed E-state index contributed by atoms with van der Waals surface area (Å²) in [6.07, 6.45) is 1.70. The minimum absolute atomic E-state index is 0.0372. The molecule has 2 aromatic heterocycles. The molecular weight excluding hydrogens is 180 g/mol. The Labute approximate surface area is 71.0 Å². The largest absolute Gasteiger partial charge is 0.486 e. The quantitative estimate of drug-likeness (QED) is 0.733. The second kappa shape index (κ2) is 2.60. The van der Waals surface area contributed by atoms with E-state index < -0.39 is 0 Å². The van der Waals surface area contributed by atoms with Crippen molar-refractivity contribution < 1.29 is 5.11 Å². The van der Waals surface area contributed by atoms with Crippen molar-refractivity contribution in [2.75, 3.05) is 0 Å². The van der Waals surface area contributed by atoms with Gasteiger partial charge in [0.1, 0.15) is 10.7 Å². The lowest BCUT2D eigenvalue weighted by molar-refractivity contribution is 0.471. The zero-order valence-electron chi connectivity index (χ0n) is 5.31. The standard InChI is InChI=1S/C6H3N2OS2/c9-6-8-4(3-11-6)5-7-1-2-10-5/h1-2H,(H,8,9). The van der Waals surface area contributed by atoms with Crippen molar-refractivity contribution in [2.45, 2.75) is 0 Å². The predicted octanol–water partition coefficient (Wildman–Crippen LogP) is 1.77. The van der Waals surface area contributed by atoms with Crippen molar-refractivity contribution in [1.29, 1.82) is 0 Å². The SMILES string of the molecule is Oc1nc(-c2nccs2)[c]s1. The zero-order valence-corrected chi connectivity index (χ0v) is 6.95. The highest BCUT2D eigenvalue weighted by molar-refractivity contribution is 7.14. The first-order valence-electron chi connectivity index (χ1n) is 2.83. The van der Waals surface area contributed by atoms with Crippen LogP contribution < -0.4 is 0 Å². The fourth-order valence-electron chi connectivity index (χ4n) is 0.667. The number of aromatic nitrogens is 2. The minimum atomic E-state index is 0.0372. The van der Waals surface area contributed by atoms with Gasteiger partial charge >= 0.3 is 0 Å². The molecule has 2 heterocycles. The van der Waals surface area contributed by atoms with Gasteiger partial charge in [-0.25, -0.2) is 4.98 Å². The van der Waals surface area contributed by atoms with Crippen molar-refractivity contribution in [3.8, 4) is 15.9 Å². The molecular formula is C6H3N2OS2. The van der Waals surface area contributed by atoms with Gasteiger partial charge in [-0.2, -0.15) is 4.98 Å². The maximum atomic E-state index is 8.90. The smallest absolute Gasteiger partial charge is 0.271 e. The van der Waals surface area contributed by atoms with Gasteiger partial charge in [-0.15, -0.1) is 11.3 Å². The molecule has 0 aliphatic rings. The van der Waals surface area contributed by atoms with Gasteiger partial charge in [0.05, 0.1) is 5.38 Å². The van der Waals surface area contributed by atoms with Gasteiger partial charge in [0, 0.05) is 11.6 Å². The van der Waals surface area contributed by atoms with Crippen LogP contribution >= 0.6 is 22.7 Å². The van der Waals surface area contributed by atoms with Gasteiger partial charge in [-0.05, 0) is 0 Å². The molecule has 0 aliphatic heterocycles. The Morgan fingerprint density at radius 1 is 1.55 bits per heavy atom. The second-order valence-electron chi connectivity index (χ2n) is 1.78. The molecule has 0 saturated carbocycles. The molecule has 0 amide bonds. The average Bonchev–Trinajstić information content (AvgIpc) is 2.55. The number of hydrogen-bond acceptors (Lipinski definition) is 5. The van der Waals surface area contributed by atoms with Crippen LogP contribution in [0.5, 0.6) is 5.19 Å². The van der Waals surface area contributed by atoms with Gasteiger partial charge < -0.3 is 5.11 Å². The topological polar surface area (TPSA) is 46.0 Å². The fraction of sp³-hybridized carbons (Fsp3) is 0. The van der Waals surface area contributed by atoms with Crippen molar-refractivity contribution >= 4 is 22.7 Å². The first-order valence-corrected chi connectivity index (χ1v) is 4.53. The van der Waals surface area contributed by atoms with Crippen LogP contribution in [0.1, 0.15) is 0 Å². The molecule has 55 valence electrons. The second-order valence-corrected chi connectivity index (χ2v) is 3.45. The van der Waals surface area contributed by atoms with Gasteiger partial charge in [0.15, 0.2) is 0 Å². The van der Waals surface area contributed by atoms with Gasteiger partial charge in [0.2, 0.25) is 0 Å². The lowest BCUT2D eigenvalue weighted by atomic mass is 10.5. The lowest BCUT2D eigenvalue weighted by Crippen LogP contribution is -1.72. The van der Waals surface area contributed by atoms with Crippen LogP contribution in [0.3, 0.4) is 0 Å². The Bertz CT molecular complexity index is 341. The molecule has 1 N–H and O–H groups in total. The Hall–Kier alpha value is -0.940. The summed E-state index contributed by atoms with van der Waals surface area (Å²) in [6.45, 7) is 0. The highest BCUT2D eigenvalue weighted by Crippen LogP contribution is 2.25. The summed E-state index contributed by atoms with van der Waals surface area (Å²) in [5.41, 5.74) is 0.627. The van der Waals surface area contributed by atoms with Crippen LogP contribution in [0.15, 0.2) is 11.6 Å². The molecule has 3 nitrogen and oxygen atoms in total. The van der Waals surface area contributed by atoms with Crippen molar-refractivity contribution in [1.82, 2.24) is 9.97 Å². The van der Waals surface area contributed by atoms with Crippen LogP contribution in [0.4, 0.5) is 0 Å². The summed E-state index contributed by atoms with van der Waals surface area (Å²) in [7, 11) is 0. The third-order valence-electron chi connectivity index (χ3n) is 1.08. The van der Waals surface area contributed by atoms with E-state index in [1.807, 2.05) is 5.38 Å². The van der Waals surface area contributed by atoms with E-state index in [1.165, 1.54) is 11.3 Å². The fourth-order valence-corrected chi connectivity index (χ4v) is 1.78. The third-order valence-corrected chi connectivity index (χ3v) is 2.43. The molecule has 0 aliphatic carbocycles. The van der Waals surface area contributed by atoms with Crippen molar-refractivity contribution in [2.24, 2.45) is 0 Å². The molecule has 0 unspecified atom stereocenters. The van der Waals surface area contributed by atoms with E-state index in [-0.39, 0.29) is 5.19 Å². The molecule has 2 aromatic rings. The first-order chi connectivity index (χ1) is 5.36. The Morgan fingerprint density at radius 2 is 2.45 bits per heavy atom. The van der Waals surface area contributed by atoms with E-state index in [0.29, 0.717) is 5.69 Å². The van der Waals surface area contributed by atoms with E-state index in [2.05, 4.69) is 15.3 Å². The number of thiazole rings is 2. The molecule has 0 fully saturated rings. The van der Waals surface area contributed by atoms with Crippen LogP contribution in [-0.4, -0.2) is 15.1 Å². The minimum Gasteiger partial charge on any atom is -0.486 e. The molecule has 0 bridgehead atoms. The summed E-state index contributed by atoms with van der Waals surface area (Å²) in [5.74, 6) is 0. The summed E-state index contributed by atoms with van der Waals surface area (Å²) >= 11 is 2.57. The summed E-state index contributed by atoms with van der Waals surface area (Å²) in [5, 5.41) is 14.4. The maximum absolute atomic E-state index is 8.90. The monoisotopic (exact) mass is 183 g/mol. The number of rotatable bonds is 1. The van der Waals surface area contributed by atoms with Gasteiger partial charge in [-0.3, -0.25) is 0 Å². The van der Waals surface area contributed by atoms with Crippen molar-refractivity contribution in [3.63, 3.8) is 0 Å². The highest BCUT2D eigenvalue weighted by Gasteiger charge is 2.04. The van der Waals surface area contributed by atoms with E-state index in [1.54, 1.807) is 6.20 Å². The number of aromatic hydroxyl groups is 1. The van der Waals surface area contributed by atoms with Crippen LogP contribution in [0, 0.1) is 5.38 Å². The highest BCUT2D eigenvalue weighted by atomic mass is 32.1. The Morgan fingerprint density at radius 3 is 3.00 bits per heavy atom. The molecule has 0 spiro atoms. The number of hydrogen-bond donors (Lipinski definition) is 1. The first kappa shape index (κ1) is 6.75. The molecule has 0 aromatic carbocycles. The van der Waals surface area contributed by atoms with E-state index in [4.69, 9.17) is 5.11 Å². The van der Waals surface area contributed by atoms with E-state index >= 15 is 0 Å². The number of nitrogens with zero attached hydrogens (tertiary/aromatic N) is 2. The molecule has 0 atom stereocenters. The summed E-state index contributed by atoms with van der Waals surface area (Å²) in [4.78, 5) is 7.84. The molecule has 0 saturated heterocycles. The van der Waals surface area contributed by atoms with Gasteiger partial charge in [-0.1, -0.05) is 11.3 Å². The van der Waals surface area contributed by atoms with E-state index in [9.17, 15) is 0 Å². The Kier molecular flexibility index (Phi) is 1.59. The summed E-state index contributed by atoms with van der Waals surface area (Å²) < 4.78 is 0. The summed E-state index contributed by atoms with van der Waals surface area (Å²) in [6, 6.07) is 0. The normalized spacial score (nSPS) is 10.2. The van der Waals surface area contributed by atoms with Crippen LogP contribution in [0.2, 0.25) is 0 Å². The molecule has 11 heavy (non-hydrogen) atoms. The van der Waals surface area contributed by atoms with Crippen LogP contribution in [-0.2, 0) is 0 Å². The molecule has 1 radical (unpaired) electrons. The van der Waals surface area contributed by atoms with Gasteiger partial charge in [0.25, 0.3) is 5.19 Å². The third kappa shape index (κ3) is 1.24. The van der Waals surface area contributed by atoms with E-state index in [0.717, 1.165) is 16.3 Å². The molecule has 2 rings (SSSR count). The lowest BCUT2D eigenvalue weighted by Gasteiger charge is -1.82. The Balaban J connectivity index is 2.45.